The number of hydrogen-bond donors (Lipinski definition) is 8. The molecule has 0 unspecified atom stereocenters. The number of ether oxygens (including phenoxy) is 6. The third-order valence-corrected chi connectivity index (χ3v) is 8.69. The molecule has 0 aromatic heterocycles. The fourth-order valence-electron chi connectivity index (χ4n) is 5.71. The average Bonchev–Trinajstić information content (AvgIpc) is 3.06. The van der Waals surface area contributed by atoms with Crippen molar-refractivity contribution in [3.8, 4) is 23.0 Å². The molecule has 2 saturated heterocycles. The van der Waals surface area contributed by atoms with E-state index in [4.69, 9.17) is 28.4 Å². The molecule has 2 aromatic carbocycles. The Morgan fingerprint density at radius 2 is 0.935 bits per heavy atom. The van der Waals surface area contributed by atoms with Crippen LogP contribution in [0, 0.1) is 11.8 Å². The SMILES string of the molecule is COc1cc(C[C@@H](CO)[C@H](CO)Cc2ccc(O[C@@H]3O[C@@H](C)[C@H](O)[C@@H](O)[C@H]3O)c(OC)c2)ccc1O[C@H]1O[C@H](C)[C@@H](O)[C@H](O)[C@@H]1O. The molecule has 46 heavy (non-hydrogen) atoms. The van der Waals surface area contributed by atoms with Gasteiger partial charge in [0.1, 0.15) is 36.6 Å². The molecule has 2 aliphatic heterocycles. The van der Waals surface area contributed by atoms with Crippen LogP contribution in [-0.4, -0.2) is 130 Å². The molecule has 0 saturated carbocycles. The summed E-state index contributed by atoms with van der Waals surface area (Å²) in [5, 5.41) is 81.4. The van der Waals surface area contributed by atoms with Gasteiger partial charge in [-0.05, 0) is 73.9 Å². The monoisotopic (exact) mass is 654 g/mol. The van der Waals surface area contributed by atoms with Crippen LogP contribution in [0.5, 0.6) is 23.0 Å². The van der Waals surface area contributed by atoms with Crippen molar-refractivity contribution in [3.05, 3.63) is 47.5 Å². The van der Waals surface area contributed by atoms with Gasteiger partial charge >= 0.3 is 0 Å². The number of rotatable bonds is 13. The van der Waals surface area contributed by atoms with Gasteiger partial charge in [0.05, 0.1) is 26.4 Å². The zero-order valence-electron chi connectivity index (χ0n) is 26.2. The van der Waals surface area contributed by atoms with Gasteiger partial charge < -0.3 is 69.3 Å². The minimum Gasteiger partial charge on any atom is -0.493 e. The standard InChI is InChI=1S/C32H46O14/c1-15-25(35)27(37)29(39)31(43-15)45-21-7-5-17(11-23(21)41-3)9-19(13-33)20(14-34)10-18-6-8-22(24(12-18)42-4)46-32-30(40)28(38)26(36)16(2)44-32/h5-8,11-12,15-16,19-20,25-40H,9-10,13-14H2,1-4H3/t15-,16+,19-,20-,25-,26+,27+,28-,29+,30-,31-,32+/m0/s1. The summed E-state index contributed by atoms with van der Waals surface area (Å²) < 4.78 is 33.6. The molecule has 4 rings (SSSR count). The molecule has 2 fully saturated rings. The van der Waals surface area contributed by atoms with Crippen molar-refractivity contribution in [3.63, 3.8) is 0 Å². The second-order valence-corrected chi connectivity index (χ2v) is 11.9. The summed E-state index contributed by atoms with van der Waals surface area (Å²) in [5.74, 6) is 0.413. The summed E-state index contributed by atoms with van der Waals surface area (Å²) in [6.45, 7) is 2.68. The lowest BCUT2D eigenvalue weighted by Crippen LogP contribution is -2.58. The van der Waals surface area contributed by atoms with Crippen molar-refractivity contribution >= 4 is 0 Å². The van der Waals surface area contributed by atoms with Crippen molar-refractivity contribution in [2.24, 2.45) is 11.8 Å². The highest BCUT2D eigenvalue weighted by Gasteiger charge is 2.44. The predicted octanol–water partition coefficient (Wildman–Crippen LogP) is -0.881. The Kier molecular flexibility index (Phi) is 12.5. The summed E-state index contributed by atoms with van der Waals surface area (Å²) in [7, 11) is 2.89. The summed E-state index contributed by atoms with van der Waals surface area (Å²) in [6, 6.07) is 10.2. The number of hydrogen-bond acceptors (Lipinski definition) is 14. The number of benzene rings is 2. The van der Waals surface area contributed by atoms with Gasteiger partial charge in [-0.2, -0.15) is 0 Å². The first-order chi connectivity index (χ1) is 21.9. The Hall–Kier alpha value is -2.76. The quantitative estimate of drug-likeness (QED) is 0.132. The molecular weight excluding hydrogens is 608 g/mol. The van der Waals surface area contributed by atoms with Crippen molar-refractivity contribution in [2.45, 2.75) is 88.1 Å². The van der Waals surface area contributed by atoms with Crippen LogP contribution in [0.2, 0.25) is 0 Å². The van der Waals surface area contributed by atoms with E-state index < -0.39 is 61.4 Å². The smallest absolute Gasteiger partial charge is 0.229 e. The van der Waals surface area contributed by atoms with Crippen molar-refractivity contribution < 1.29 is 69.3 Å². The van der Waals surface area contributed by atoms with E-state index in [0.717, 1.165) is 11.1 Å². The topological polar surface area (TPSA) is 217 Å². The molecule has 258 valence electrons. The lowest BCUT2D eigenvalue weighted by Gasteiger charge is -2.39. The highest BCUT2D eigenvalue weighted by atomic mass is 16.7. The van der Waals surface area contributed by atoms with Crippen LogP contribution in [0.3, 0.4) is 0 Å². The van der Waals surface area contributed by atoms with Crippen molar-refractivity contribution in [1.82, 2.24) is 0 Å². The van der Waals surface area contributed by atoms with E-state index in [1.807, 2.05) is 0 Å². The van der Waals surface area contributed by atoms with Crippen LogP contribution in [0.4, 0.5) is 0 Å². The summed E-state index contributed by atoms with van der Waals surface area (Å²) >= 11 is 0. The Bertz CT molecular complexity index is 1170. The second kappa shape index (κ2) is 15.9. The van der Waals surface area contributed by atoms with Gasteiger partial charge in [0, 0.05) is 13.2 Å². The van der Waals surface area contributed by atoms with E-state index in [0.29, 0.717) is 24.3 Å². The molecule has 0 spiro atoms. The summed E-state index contributed by atoms with van der Waals surface area (Å²) in [6.07, 6.45) is -11.7. The first-order valence-electron chi connectivity index (χ1n) is 15.2. The van der Waals surface area contributed by atoms with E-state index in [-0.39, 0.29) is 36.5 Å². The lowest BCUT2D eigenvalue weighted by atomic mass is 9.83. The van der Waals surface area contributed by atoms with Crippen LogP contribution < -0.4 is 18.9 Å². The maximum absolute atomic E-state index is 10.3. The van der Waals surface area contributed by atoms with Crippen LogP contribution in [-0.2, 0) is 22.3 Å². The van der Waals surface area contributed by atoms with Gasteiger partial charge in [-0.3, -0.25) is 0 Å². The van der Waals surface area contributed by atoms with Crippen LogP contribution in [0.1, 0.15) is 25.0 Å². The fourth-order valence-corrected chi connectivity index (χ4v) is 5.71. The van der Waals surface area contributed by atoms with Gasteiger partial charge in [0.15, 0.2) is 23.0 Å². The van der Waals surface area contributed by atoms with E-state index in [1.165, 1.54) is 14.2 Å². The third kappa shape index (κ3) is 8.02. The first-order valence-corrected chi connectivity index (χ1v) is 15.2. The van der Waals surface area contributed by atoms with E-state index >= 15 is 0 Å². The van der Waals surface area contributed by atoms with Gasteiger partial charge in [-0.15, -0.1) is 0 Å². The van der Waals surface area contributed by atoms with Gasteiger partial charge in [-0.1, -0.05) is 12.1 Å². The van der Waals surface area contributed by atoms with Crippen molar-refractivity contribution in [2.75, 3.05) is 27.4 Å². The van der Waals surface area contributed by atoms with Crippen LogP contribution >= 0.6 is 0 Å². The van der Waals surface area contributed by atoms with Crippen LogP contribution in [0.15, 0.2) is 36.4 Å². The fraction of sp³-hybridized carbons (Fsp3) is 0.625. The molecule has 0 bridgehead atoms. The molecule has 2 heterocycles. The zero-order valence-corrected chi connectivity index (χ0v) is 26.2. The molecule has 14 heteroatoms. The molecule has 12 atom stereocenters. The Balaban J connectivity index is 1.43. The minimum absolute atomic E-state index is 0.215. The zero-order chi connectivity index (χ0) is 33.7. The highest BCUT2D eigenvalue weighted by Crippen LogP contribution is 2.35. The molecule has 0 amide bonds. The van der Waals surface area contributed by atoms with Gasteiger partial charge in [0.25, 0.3) is 0 Å². The molecule has 0 radical (unpaired) electrons. The van der Waals surface area contributed by atoms with Crippen LogP contribution in [0.25, 0.3) is 0 Å². The van der Waals surface area contributed by atoms with E-state index in [9.17, 15) is 40.9 Å². The van der Waals surface area contributed by atoms with Crippen molar-refractivity contribution in [1.29, 1.82) is 0 Å². The Labute approximate surface area is 267 Å². The largest absolute Gasteiger partial charge is 0.493 e. The maximum Gasteiger partial charge on any atom is 0.229 e. The number of aliphatic hydroxyl groups excluding tert-OH is 8. The summed E-state index contributed by atoms with van der Waals surface area (Å²) in [4.78, 5) is 0. The molecular formula is C32H46O14. The van der Waals surface area contributed by atoms with E-state index in [1.54, 1.807) is 50.2 Å². The van der Waals surface area contributed by atoms with Gasteiger partial charge in [0.2, 0.25) is 12.6 Å². The average molecular weight is 655 g/mol. The minimum atomic E-state index is -1.49. The summed E-state index contributed by atoms with van der Waals surface area (Å²) in [5.41, 5.74) is 1.56. The molecule has 14 nitrogen and oxygen atoms in total. The van der Waals surface area contributed by atoms with Gasteiger partial charge in [-0.25, -0.2) is 0 Å². The second-order valence-electron chi connectivity index (χ2n) is 11.9. The molecule has 0 aliphatic carbocycles. The van der Waals surface area contributed by atoms with E-state index in [2.05, 4.69) is 0 Å². The molecule has 2 aliphatic rings. The number of methoxy groups -OCH3 is 2. The lowest BCUT2D eigenvalue weighted by molar-refractivity contribution is -0.268. The Morgan fingerprint density at radius 3 is 1.26 bits per heavy atom. The first kappa shape index (κ1) is 36.1. The third-order valence-electron chi connectivity index (χ3n) is 8.69. The Morgan fingerprint density at radius 1 is 0.565 bits per heavy atom. The number of aliphatic hydroxyl groups is 8. The highest BCUT2D eigenvalue weighted by molar-refractivity contribution is 5.44. The predicted molar refractivity (Wildman–Crippen MR) is 161 cm³/mol. The maximum atomic E-state index is 10.3. The molecule has 8 N–H and O–H groups in total. The normalized spacial score (nSPS) is 32.8. The molecule has 2 aromatic rings.